The third-order valence-corrected chi connectivity index (χ3v) is 5.07. The van der Waals surface area contributed by atoms with Gasteiger partial charge in [-0.15, -0.1) is 0 Å². The summed E-state index contributed by atoms with van der Waals surface area (Å²) in [5.41, 5.74) is 0. The van der Waals surface area contributed by atoms with Crippen LogP contribution in [0.4, 0.5) is 0 Å². The maximum Gasteiger partial charge on any atom is 0.150 e. The number of nitrogens with one attached hydrogen (secondary N) is 1. The molecule has 0 amide bonds. The lowest BCUT2D eigenvalue weighted by Gasteiger charge is -2.35. The molecule has 0 aromatic rings. The van der Waals surface area contributed by atoms with E-state index in [0.29, 0.717) is 11.8 Å². The van der Waals surface area contributed by atoms with E-state index in [0.717, 1.165) is 39.0 Å². The van der Waals surface area contributed by atoms with Gasteiger partial charge in [0.25, 0.3) is 0 Å². The summed E-state index contributed by atoms with van der Waals surface area (Å²) >= 11 is 0. The van der Waals surface area contributed by atoms with E-state index in [2.05, 4.69) is 17.1 Å². The minimum Gasteiger partial charge on any atom is -0.314 e. The van der Waals surface area contributed by atoms with Crippen molar-refractivity contribution in [2.45, 2.75) is 32.7 Å². The summed E-state index contributed by atoms with van der Waals surface area (Å²) in [4.78, 5) is 2.42. The minimum absolute atomic E-state index is 0.270. The van der Waals surface area contributed by atoms with Gasteiger partial charge in [-0.3, -0.25) is 4.90 Å². The number of rotatable bonds is 6. The van der Waals surface area contributed by atoms with Gasteiger partial charge in [0.15, 0.2) is 0 Å². The predicted molar refractivity (Wildman–Crippen MR) is 67.5 cm³/mol. The first-order chi connectivity index (χ1) is 7.59. The van der Waals surface area contributed by atoms with Gasteiger partial charge in [-0.1, -0.05) is 13.8 Å². The molecule has 96 valence electrons. The molecule has 1 aliphatic rings. The highest BCUT2D eigenvalue weighted by molar-refractivity contribution is 7.91. The maximum absolute atomic E-state index is 11.4. The Kier molecular flexibility index (Phi) is 5.72. The summed E-state index contributed by atoms with van der Waals surface area (Å²) in [5, 5.41) is 3.37. The second-order valence-electron chi connectivity index (χ2n) is 4.39. The van der Waals surface area contributed by atoms with Crippen LogP contribution in [0.2, 0.25) is 0 Å². The molecule has 16 heavy (non-hydrogen) atoms. The lowest BCUT2D eigenvalue weighted by molar-refractivity contribution is 0.157. The lowest BCUT2D eigenvalue weighted by Crippen LogP contribution is -2.51. The standard InChI is InChI=1S/C11H24N2O2S/c1-3-11-10-12-6-8-13(11)7-5-9-16(14,15)4-2/h11-12H,3-10H2,1-2H3. The summed E-state index contributed by atoms with van der Waals surface area (Å²) < 4.78 is 22.7. The SMILES string of the molecule is CCC1CNCCN1CCCS(=O)(=O)CC. The molecule has 1 unspecified atom stereocenters. The van der Waals surface area contributed by atoms with Gasteiger partial charge < -0.3 is 5.32 Å². The van der Waals surface area contributed by atoms with Crippen LogP contribution in [-0.2, 0) is 9.84 Å². The fourth-order valence-electron chi connectivity index (χ4n) is 2.13. The highest BCUT2D eigenvalue weighted by Gasteiger charge is 2.20. The van der Waals surface area contributed by atoms with E-state index in [1.54, 1.807) is 6.92 Å². The number of hydrogen-bond donors (Lipinski definition) is 1. The molecular formula is C11H24N2O2S. The van der Waals surface area contributed by atoms with Gasteiger partial charge in [0.1, 0.15) is 9.84 Å². The van der Waals surface area contributed by atoms with Gasteiger partial charge in [0.05, 0.1) is 5.75 Å². The molecule has 0 saturated carbocycles. The van der Waals surface area contributed by atoms with Gasteiger partial charge in [0.2, 0.25) is 0 Å². The van der Waals surface area contributed by atoms with Crippen molar-refractivity contribution >= 4 is 9.84 Å². The third-order valence-electron chi connectivity index (χ3n) is 3.28. The average Bonchev–Trinajstić information content (AvgIpc) is 2.29. The van der Waals surface area contributed by atoms with Crippen molar-refractivity contribution in [1.29, 1.82) is 0 Å². The van der Waals surface area contributed by atoms with E-state index in [9.17, 15) is 8.42 Å². The monoisotopic (exact) mass is 248 g/mol. The largest absolute Gasteiger partial charge is 0.314 e. The quantitative estimate of drug-likeness (QED) is 0.743. The molecule has 1 heterocycles. The fourth-order valence-corrected chi connectivity index (χ4v) is 2.99. The second-order valence-corrected chi connectivity index (χ2v) is 6.86. The van der Waals surface area contributed by atoms with Crippen molar-refractivity contribution < 1.29 is 8.42 Å². The van der Waals surface area contributed by atoms with Crippen LogP contribution in [0.5, 0.6) is 0 Å². The normalized spacial score (nSPS) is 23.5. The molecule has 1 aliphatic heterocycles. The predicted octanol–water partition coefficient (Wildman–Crippen LogP) is 0.495. The van der Waals surface area contributed by atoms with Crippen molar-refractivity contribution in [3.8, 4) is 0 Å². The average molecular weight is 248 g/mol. The summed E-state index contributed by atoms with van der Waals surface area (Å²) in [7, 11) is -2.79. The molecule has 1 N–H and O–H groups in total. The molecule has 1 rings (SSSR count). The Balaban J connectivity index is 2.30. The Morgan fingerprint density at radius 1 is 1.38 bits per heavy atom. The molecule has 0 aromatic heterocycles. The third kappa shape index (κ3) is 4.39. The van der Waals surface area contributed by atoms with E-state index >= 15 is 0 Å². The molecule has 4 nitrogen and oxygen atoms in total. The minimum atomic E-state index is -2.79. The van der Waals surface area contributed by atoms with E-state index in [-0.39, 0.29) is 5.75 Å². The molecule has 1 atom stereocenters. The van der Waals surface area contributed by atoms with E-state index < -0.39 is 9.84 Å². The van der Waals surface area contributed by atoms with Crippen LogP contribution in [0, 0.1) is 0 Å². The Morgan fingerprint density at radius 2 is 2.12 bits per heavy atom. The molecular weight excluding hydrogens is 224 g/mol. The summed E-state index contributed by atoms with van der Waals surface area (Å²) in [6.45, 7) is 7.93. The van der Waals surface area contributed by atoms with Crippen LogP contribution >= 0.6 is 0 Å². The lowest BCUT2D eigenvalue weighted by atomic mass is 10.1. The number of piperazine rings is 1. The molecule has 0 aromatic carbocycles. The van der Waals surface area contributed by atoms with Crippen LogP contribution in [0.25, 0.3) is 0 Å². The van der Waals surface area contributed by atoms with Crippen LogP contribution in [0.15, 0.2) is 0 Å². The summed E-state index contributed by atoms with van der Waals surface area (Å²) in [6, 6.07) is 0.582. The molecule has 1 saturated heterocycles. The number of nitrogens with zero attached hydrogens (tertiary/aromatic N) is 1. The van der Waals surface area contributed by atoms with Crippen molar-refractivity contribution in [3.05, 3.63) is 0 Å². The van der Waals surface area contributed by atoms with E-state index in [1.807, 2.05) is 0 Å². The summed E-state index contributed by atoms with van der Waals surface area (Å²) in [6.07, 6.45) is 1.90. The van der Waals surface area contributed by atoms with Gasteiger partial charge in [0, 0.05) is 31.4 Å². The molecule has 0 radical (unpaired) electrons. The zero-order chi connectivity index (χ0) is 12.0. The van der Waals surface area contributed by atoms with Crippen molar-refractivity contribution in [2.75, 3.05) is 37.7 Å². The fraction of sp³-hybridized carbons (Fsp3) is 1.00. The highest BCUT2D eigenvalue weighted by Crippen LogP contribution is 2.08. The molecule has 0 bridgehead atoms. The molecule has 0 aliphatic carbocycles. The van der Waals surface area contributed by atoms with Crippen LogP contribution in [-0.4, -0.2) is 57.0 Å². The van der Waals surface area contributed by atoms with Gasteiger partial charge in [-0.25, -0.2) is 8.42 Å². The van der Waals surface area contributed by atoms with Crippen molar-refractivity contribution in [3.63, 3.8) is 0 Å². The van der Waals surface area contributed by atoms with Crippen LogP contribution in [0.1, 0.15) is 26.7 Å². The Morgan fingerprint density at radius 3 is 2.75 bits per heavy atom. The smallest absolute Gasteiger partial charge is 0.150 e. The number of sulfone groups is 1. The van der Waals surface area contributed by atoms with Gasteiger partial charge in [-0.05, 0) is 19.4 Å². The van der Waals surface area contributed by atoms with E-state index in [1.165, 1.54) is 0 Å². The zero-order valence-electron chi connectivity index (χ0n) is 10.4. The van der Waals surface area contributed by atoms with Gasteiger partial charge in [-0.2, -0.15) is 0 Å². The Bertz CT molecular complexity index is 290. The van der Waals surface area contributed by atoms with Gasteiger partial charge >= 0.3 is 0 Å². The zero-order valence-corrected chi connectivity index (χ0v) is 11.2. The summed E-state index contributed by atoms with van der Waals surface area (Å²) in [5.74, 6) is 0.607. The highest BCUT2D eigenvalue weighted by atomic mass is 32.2. The van der Waals surface area contributed by atoms with Crippen molar-refractivity contribution in [2.24, 2.45) is 0 Å². The molecule has 1 fully saturated rings. The Hall–Kier alpha value is -0.130. The second kappa shape index (κ2) is 6.57. The van der Waals surface area contributed by atoms with Crippen LogP contribution in [0.3, 0.4) is 0 Å². The topological polar surface area (TPSA) is 49.4 Å². The first-order valence-electron chi connectivity index (χ1n) is 6.24. The molecule has 5 heteroatoms. The van der Waals surface area contributed by atoms with E-state index in [4.69, 9.17) is 0 Å². The van der Waals surface area contributed by atoms with Crippen molar-refractivity contribution in [1.82, 2.24) is 10.2 Å². The number of hydrogen-bond acceptors (Lipinski definition) is 4. The maximum atomic E-state index is 11.4. The van der Waals surface area contributed by atoms with Crippen LogP contribution < -0.4 is 5.32 Å². The first kappa shape index (κ1) is 13.9. The Labute approximate surface area is 99.3 Å². The first-order valence-corrected chi connectivity index (χ1v) is 8.06. The molecule has 0 spiro atoms.